The molecule has 1 N–H and O–H groups in total. The lowest BCUT2D eigenvalue weighted by molar-refractivity contribution is 0.626. The number of aryl methyl sites for hydroxylation is 1. The van der Waals surface area contributed by atoms with Crippen molar-refractivity contribution < 1.29 is 4.39 Å². The zero-order valence-corrected chi connectivity index (χ0v) is 9.37. The Morgan fingerprint density at radius 1 is 1.44 bits per heavy atom. The minimum atomic E-state index is -0.206. The highest BCUT2D eigenvalue weighted by Crippen LogP contribution is 2.13. The Balaban J connectivity index is 2.05. The zero-order valence-electron chi connectivity index (χ0n) is 9.37. The van der Waals surface area contributed by atoms with E-state index in [-0.39, 0.29) is 5.82 Å². The Labute approximate surface area is 93.9 Å². The normalized spacial score (nSPS) is 10.4. The van der Waals surface area contributed by atoms with Crippen molar-refractivity contribution in [2.24, 2.45) is 7.05 Å². The molecule has 0 radical (unpaired) electrons. The molecule has 1 aromatic heterocycles. The molecule has 0 amide bonds. The molecule has 16 heavy (non-hydrogen) atoms. The van der Waals surface area contributed by atoms with Crippen LogP contribution in [0.3, 0.4) is 0 Å². The number of nitrogens with zero attached hydrogens (tertiary/aromatic N) is 2. The van der Waals surface area contributed by atoms with Crippen molar-refractivity contribution in [2.75, 3.05) is 5.32 Å². The van der Waals surface area contributed by atoms with Crippen LogP contribution in [0.5, 0.6) is 0 Å². The van der Waals surface area contributed by atoms with Gasteiger partial charge in [-0.1, -0.05) is 12.1 Å². The highest BCUT2D eigenvalue weighted by Gasteiger charge is 2.02. The van der Waals surface area contributed by atoms with Crippen LogP contribution in [0, 0.1) is 12.7 Å². The topological polar surface area (TPSA) is 29.9 Å². The molecule has 1 aromatic carbocycles. The van der Waals surface area contributed by atoms with Gasteiger partial charge >= 0.3 is 0 Å². The highest BCUT2D eigenvalue weighted by molar-refractivity contribution is 5.46. The van der Waals surface area contributed by atoms with Gasteiger partial charge in [-0.25, -0.2) is 4.39 Å². The van der Waals surface area contributed by atoms with E-state index in [0.717, 1.165) is 16.9 Å². The van der Waals surface area contributed by atoms with Crippen LogP contribution in [0.2, 0.25) is 0 Å². The van der Waals surface area contributed by atoms with Crippen LogP contribution in [0.1, 0.15) is 11.3 Å². The van der Waals surface area contributed by atoms with E-state index in [9.17, 15) is 4.39 Å². The van der Waals surface area contributed by atoms with Crippen molar-refractivity contribution in [1.29, 1.82) is 0 Å². The van der Waals surface area contributed by atoms with E-state index in [2.05, 4.69) is 10.4 Å². The van der Waals surface area contributed by atoms with Gasteiger partial charge in [-0.05, 0) is 24.6 Å². The van der Waals surface area contributed by atoms with Gasteiger partial charge in [-0.3, -0.25) is 4.68 Å². The van der Waals surface area contributed by atoms with E-state index >= 15 is 0 Å². The van der Waals surface area contributed by atoms with Gasteiger partial charge < -0.3 is 5.32 Å². The fraction of sp³-hybridized carbons (Fsp3) is 0.250. The van der Waals surface area contributed by atoms with Gasteiger partial charge in [-0.2, -0.15) is 5.10 Å². The van der Waals surface area contributed by atoms with E-state index in [4.69, 9.17) is 0 Å². The fourth-order valence-corrected chi connectivity index (χ4v) is 1.52. The summed E-state index contributed by atoms with van der Waals surface area (Å²) in [6.45, 7) is 2.59. The molecule has 0 saturated heterocycles. The van der Waals surface area contributed by atoms with Crippen molar-refractivity contribution in [3.63, 3.8) is 0 Å². The number of nitrogens with one attached hydrogen (secondary N) is 1. The fourth-order valence-electron chi connectivity index (χ4n) is 1.52. The minimum absolute atomic E-state index is 0.206. The summed E-state index contributed by atoms with van der Waals surface area (Å²) in [5.41, 5.74) is 2.96. The van der Waals surface area contributed by atoms with E-state index in [1.54, 1.807) is 16.9 Å². The maximum atomic E-state index is 12.9. The Morgan fingerprint density at radius 2 is 2.25 bits per heavy atom. The second kappa shape index (κ2) is 4.35. The van der Waals surface area contributed by atoms with Crippen molar-refractivity contribution in [3.05, 3.63) is 47.5 Å². The maximum Gasteiger partial charge on any atom is 0.123 e. The van der Waals surface area contributed by atoms with Gasteiger partial charge in [0.1, 0.15) is 5.82 Å². The third-order valence-corrected chi connectivity index (χ3v) is 2.61. The minimum Gasteiger partial charge on any atom is -0.378 e. The zero-order chi connectivity index (χ0) is 11.5. The van der Waals surface area contributed by atoms with Crippen LogP contribution in [-0.4, -0.2) is 9.78 Å². The van der Waals surface area contributed by atoms with Crippen molar-refractivity contribution in [3.8, 4) is 0 Å². The predicted octanol–water partition coefficient (Wildman–Crippen LogP) is 2.48. The number of benzene rings is 1. The SMILES string of the molecule is Cc1c(NCc2cccc(F)c2)cnn1C. The molecule has 2 aromatic rings. The van der Waals surface area contributed by atoms with Gasteiger partial charge in [0.25, 0.3) is 0 Å². The second-order valence-corrected chi connectivity index (χ2v) is 3.75. The lowest BCUT2D eigenvalue weighted by Gasteiger charge is -2.05. The highest BCUT2D eigenvalue weighted by atomic mass is 19.1. The molecule has 0 atom stereocenters. The Kier molecular flexibility index (Phi) is 2.90. The summed E-state index contributed by atoms with van der Waals surface area (Å²) in [5, 5.41) is 7.35. The maximum absolute atomic E-state index is 12.9. The summed E-state index contributed by atoms with van der Waals surface area (Å²) in [5.74, 6) is -0.206. The summed E-state index contributed by atoms with van der Waals surface area (Å²) < 4.78 is 14.7. The van der Waals surface area contributed by atoms with Crippen LogP contribution >= 0.6 is 0 Å². The molecular weight excluding hydrogens is 205 g/mol. The van der Waals surface area contributed by atoms with Crippen LogP contribution in [0.4, 0.5) is 10.1 Å². The van der Waals surface area contributed by atoms with Gasteiger partial charge in [0.05, 0.1) is 17.6 Å². The summed E-state index contributed by atoms with van der Waals surface area (Å²) in [4.78, 5) is 0. The third kappa shape index (κ3) is 2.21. The Morgan fingerprint density at radius 3 is 2.88 bits per heavy atom. The standard InChI is InChI=1S/C12H14FN3/c1-9-12(8-15-16(9)2)14-7-10-4-3-5-11(13)6-10/h3-6,8,14H,7H2,1-2H3. The largest absolute Gasteiger partial charge is 0.378 e. The molecule has 0 aliphatic heterocycles. The number of hydrogen-bond donors (Lipinski definition) is 1. The summed E-state index contributed by atoms with van der Waals surface area (Å²) >= 11 is 0. The summed E-state index contributed by atoms with van der Waals surface area (Å²) in [6.07, 6.45) is 1.77. The molecule has 0 bridgehead atoms. The Hall–Kier alpha value is -1.84. The first-order chi connectivity index (χ1) is 7.66. The van der Waals surface area contributed by atoms with E-state index in [1.807, 2.05) is 20.0 Å². The molecule has 0 aliphatic carbocycles. The number of rotatable bonds is 3. The molecular formula is C12H14FN3. The molecule has 0 unspecified atom stereocenters. The molecule has 0 saturated carbocycles. The van der Waals surface area contributed by atoms with Crippen LogP contribution in [-0.2, 0) is 13.6 Å². The molecule has 3 nitrogen and oxygen atoms in total. The Bertz CT molecular complexity index is 491. The van der Waals surface area contributed by atoms with Gasteiger partial charge in [0.2, 0.25) is 0 Å². The van der Waals surface area contributed by atoms with Crippen LogP contribution < -0.4 is 5.32 Å². The van der Waals surface area contributed by atoms with Crippen molar-refractivity contribution in [2.45, 2.75) is 13.5 Å². The number of halogens is 1. The first-order valence-corrected chi connectivity index (χ1v) is 5.14. The second-order valence-electron chi connectivity index (χ2n) is 3.75. The monoisotopic (exact) mass is 219 g/mol. The van der Waals surface area contributed by atoms with Gasteiger partial charge in [0.15, 0.2) is 0 Å². The average Bonchev–Trinajstić information content (AvgIpc) is 2.57. The van der Waals surface area contributed by atoms with E-state index in [0.29, 0.717) is 6.54 Å². The molecule has 84 valence electrons. The number of anilines is 1. The summed E-state index contributed by atoms with van der Waals surface area (Å²) in [6, 6.07) is 6.57. The van der Waals surface area contributed by atoms with Crippen LogP contribution in [0.15, 0.2) is 30.5 Å². The van der Waals surface area contributed by atoms with E-state index in [1.165, 1.54) is 12.1 Å². The quantitative estimate of drug-likeness (QED) is 0.859. The molecule has 2 rings (SSSR count). The van der Waals surface area contributed by atoms with Crippen molar-refractivity contribution >= 4 is 5.69 Å². The smallest absolute Gasteiger partial charge is 0.123 e. The predicted molar refractivity (Wildman–Crippen MR) is 61.7 cm³/mol. The van der Waals surface area contributed by atoms with E-state index < -0.39 is 0 Å². The van der Waals surface area contributed by atoms with Gasteiger partial charge in [0, 0.05) is 13.6 Å². The molecule has 0 aliphatic rings. The van der Waals surface area contributed by atoms with Crippen LogP contribution in [0.25, 0.3) is 0 Å². The first kappa shape index (κ1) is 10.7. The lowest BCUT2D eigenvalue weighted by Crippen LogP contribution is -2.01. The third-order valence-electron chi connectivity index (χ3n) is 2.61. The number of hydrogen-bond acceptors (Lipinski definition) is 2. The molecule has 0 spiro atoms. The average molecular weight is 219 g/mol. The van der Waals surface area contributed by atoms with Gasteiger partial charge in [-0.15, -0.1) is 0 Å². The number of aromatic nitrogens is 2. The molecule has 1 heterocycles. The first-order valence-electron chi connectivity index (χ1n) is 5.14. The molecule has 4 heteroatoms. The van der Waals surface area contributed by atoms with Crippen molar-refractivity contribution in [1.82, 2.24) is 9.78 Å². The lowest BCUT2D eigenvalue weighted by atomic mass is 10.2. The summed E-state index contributed by atoms with van der Waals surface area (Å²) in [7, 11) is 1.89. The molecule has 0 fully saturated rings.